The molecule has 1 N–H and O–H groups in total. The Kier molecular flexibility index (Phi) is 3.53. The molecule has 12 heavy (non-hydrogen) atoms. The molecule has 1 fully saturated rings. The second kappa shape index (κ2) is 4.24. The molecule has 0 aliphatic carbocycles. The van der Waals surface area contributed by atoms with E-state index < -0.39 is 0 Å². The average Bonchev–Trinajstić information content (AvgIpc) is 2.37. The third-order valence-corrected chi connectivity index (χ3v) is 2.74. The van der Waals surface area contributed by atoms with Crippen molar-refractivity contribution in [2.24, 2.45) is 5.92 Å². The fourth-order valence-electron chi connectivity index (χ4n) is 2.32. The number of rotatable bonds is 3. The van der Waals surface area contributed by atoms with Gasteiger partial charge in [-0.3, -0.25) is 4.90 Å². The molecular weight excluding hydrogens is 150 g/mol. The summed E-state index contributed by atoms with van der Waals surface area (Å²) in [4.78, 5) is 2.43. The Hall–Kier alpha value is -0.0800. The van der Waals surface area contributed by atoms with E-state index in [4.69, 9.17) is 0 Å². The molecule has 72 valence electrons. The maximum absolute atomic E-state index is 9.60. The minimum Gasteiger partial charge on any atom is -0.392 e. The summed E-state index contributed by atoms with van der Waals surface area (Å²) in [7, 11) is 0. The SMILES string of the molecule is CC(C)[C@@H]([C@@H](C)O)N1CCCC1. The lowest BCUT2D eigenvalue weighted by atomic mass is 9.98. The number of aliphatic hydroxyl groups is 1. The van der Waals surface area contributed by atoms with Crippen molar-refractivity contribution < 1.29 is 5.11 Å². The van der Waals surface area contributed by atoms with Gasteiger partial charge in [0.05, 0.1) is 6.10 Å². The number of likely N-dealkylation sites (tertiary alicyclic amines) is 1. The van der Waals surface area contributed by atoms with Gasteiger partial charge in [0.1, 0.15) is 0 Å². The monoisotopic (exact) mass is 171 g/mol. The maximum Gasteiger partial charge on any atom is 0.0669 e. The molecule has 0 aromatic carbocycles. The van der Waals surface area contributed by atoms with Gasteiger partial charge in [-0.15, -0.1) is 0 Å². The van der Waals surface area contributed by atoms with Crippen molar-refractivity contribution in [3.05, 3.63) is 0 Å². The van der Waals surface area contributed by atoms with Crippen LogP contribution in [0.1, 0.15) is 33.6 Å². The molecule has 0 aromatic rings. The molecule has 0 spiro atoms. The van der Waals surface area contributed by atoms with Gasteiger partial charge in [0.15, 0.2) is 0 Å². The predicted octanol–water partition coefficient (Wildman–Crippen LogP) is 1.49. The molecule has 2 atom stereocenters. The van der Waals surface area contributed by atoms with E-state index in [2.05, 4.69) is 18.7 Å². The van der Waals surface area contributed by atoms with Gasteiger partial charge in [0, 0.05) is 6.04 Å². The zero-order chi connectivity index (χ0) is 9.14. The number of hydrogen-bond acceptors (Lipinski definition) is 2. The van der Waals surface area contributed by atoms with Crippen molar-refractivity contribution in [3.63, 3.8) is 0 Å². The van der Waals surface area contributed by atoms with Crippen LogP contribution >= 0.6 is 0 Å². The van der Waals surface area contributed by atoms with Gasteiger partial charge < -0.3 is 5.11 Å². The molecule has 1 rings (SSSR count). The highest BCUT2D eigenvalue weighted by molar-refractivity contribution is 4.82. The summed E-state index contributed by atoms with van der Waals surface area (Å²) in [6.45, 7) is 8.63. The lowest BCUT2D eigenvalue weighted by Crippen LogP contribution is -2.44. The Balaban J connectivity index is 2.52. The fourth-order valence-corrected chi connectivity index (χ4v) is 2.32. The Morgan fingerprint density at radius 1 is 1.08 bits per heavy atom. The largest absolute Gasteiger partial charge is 0.392 e. The standard InChI is InChI=1S/C10H21NO/c1-8(2)10(9(3)12)11-6-4-5-7-11/h8-10,12H,4-7H2,1-3H3/t9-,10+/m1/s1. The molecule has 0 unspecified atom stereocenters. The Morgan fingerprint density at radius 3 is 1.92 bits per heavy atom. The van der Waals surface area contributed by atoms with Crippen LogP contribution in [-0.4, -0.2) is 35.2 Å². The summed E-state index contributed by atoms with van der Waals surface area (Å²) in [5, 5.41) is 9.60. The van der Waals surface area contributed by atoms with Gasteiger partial charge in [-0.25, -0.2) is 0 Å². The molecule has 0 bridgehead atoms. The van der Waals surface area contributed by atoms with Crippen LogP contribution in [0.2, 0.25) is 0 Å². The first-order valence-electron chi connectivity index (χ1n) is 5.05. The van der Waals surface area contributed by atoms with Crippen LogP contribution in [0.5, 0.6) is 0 Å². The van der Waals surface area contributed by atoms with E-state index in [-0.39, 0.29) is 6.10 Å². The third kappa shape index (κ3) is 2.20. The molecule has 0 amide bonds. The summed E-state index contributed by atoms with van der Waals surface area (Å²) in [6.07, 6.45) is 2.41. The van der Waals surface area contributed by atoms with Crippen molar-refractivity contribution >= 4 is 0 Å². The van der Waals surface area contributed by atoms with Gasteiger partial charge in [-0.05, 0) is 38.8 Å². The molecule has 1 saturated heterocycles. The summed E-state index contributed by atoms with van der Waals surface area (Å²) in [5.74, 6) is 0.558. The van der Waals surface area contributed by atoms with Crippen LogP contribution in [0.3, 0.4) is 0 Å². The Bertz CT molecular complexity index is 120. The topological polar surface area (TPSA) is 23.5 Å². The molecule has 1 aliphatic rings. The zero-order valence-corrected chi connectivity index (χ0v) is 8.45. The van der Waals surface area contributed by atoms with Crippen molar-refractivity contribution in [2.75, 3.05) is 13.1 Å². The van der Waals surface area contributed by atoms with E-state index >= 15 is 0 Å². The number of aliphatic hydroxyl groups excluding tert-OH is 1. The van der Waals surface area contributed by atoms with Gasteiger partial charge in [0.25, 0.3) is 0 Å². The second-order valence-corrected chi connectivity index (χ2v) is 4.22. The highest BCUT2D eigenvalue weighted by atomic mass is 16.3. The van der Waals surface area contributed by atoms with Crippen LogP contribution in [-0.2, 0) is 0 Å². The van der Waals surface area contributed by atoms with E-state index in [9.17, 15) is 5.11 Å². The van der Waals surface area contributed by atoms with Crippen LogP contribution in [0, 0.1) is 5.92 Å². The van der Waals surface area contributed by atoms with Crippen LogP contribution in [0.4, 0.5) is 0 Å². The first-order chi connectivity index (χ1) is 5.63. The number of hydrogen-bond donors (Lipinski definition) is 1. The van der Waals surface area contributed by atoms with Gasteiger partial charge in [-0.1, -0.05) is 13.8 Å². The van der Waals surface area contributed by atoms with Crippen molar-refractivity contribution in [3.8, 4) is 0 Å². The third-order valence-electron chi connectivity index (χ3n) is 2.74. The first-order valence-corrected chi connectivity index (χ1v) is 5.05. The zero-order valence-electron chi connectivity index (χ0n) is 8.45. The predicted molar refractivity (Wildman–Crippen MR) is 51.1 cm³/mol. The van der Waals surface area contributed by atoms with Crippen LogP contribution in [0.25, 0.3) is 0 Å². The molecule has 0 aromatic heterocycles. The fraction of sp³-hybridized carbons (Fsp3) is 1.00. The minimum atomic E-state index is -0.192. The van der Waals surface area contributed by atoms with Crippen LogP contribution < -0.4 is 0 Å². The average molecular weight is 171 g/mol. The Labute approximate surface area is 75.6 Å². The van der Waals surface area contributed by atoms with E-state index in [1.807, 2.05) is 6.92 Å². The van der Waals surface area contributed by atoms with Gasteiger partial charge >= 0.3 is 0 Å². The smallest absolute Gasteiger partial charge is 0.0669 e. The van der Waals surface area contributed by atoms with Crippen molar-refractivity contribution in [1.82, 2.24) is 4.90 Å². The van der Waals surface area contributed by atoms with Crippen LogP contribution in [0.15, 0.2) is 0 Å². The van der Waals surface area contributed by atoms with E-state index in [1.165, 1.54) is 25.9 Å². The molecule has 2 nitrogen and oxygen atoms in total. The van der Waals surface area contributed by atoms with Gasteiger partial charge in [-0.2, -0.15) is 0 Å². The summed E-state index contributed by atoms with van der Waals surface area (Å²) >= 11 is 0. The lowest BCUT2D eigenvalue weighted by molar-refractivity contribution is 0.0482. The second-order valence-electron chi connectivity index (χ2n) is 4.22. The van der Waals surface area contributed by atoms with Crippen molar-refractivity contribution in [2.45, 2.75) is 45.8 Å². The quantitative estimate of drug-likeness (QED) is 0.695. The summed E-state index contributed by atoms with van der Waals surface area (Å²) in [5.41, 5.74) is 0. The van der Waals surface area contributed by atoms with E-state index in [0.29, 0.717) is 12.0 Å². The highest BCUT2D eigenvalue weighted by Crippen LogP contribution is 2.20. The minimum absolute atomic E-state index is 0.192. The normalized spacial score (nSPS) is 24.8. The highest BCUT2D eigenvalue weighted by Gasteiger charge is 2.27. The summed E-state index contributed by atoms with van der Waals surface area (Å²) < 4.78 is 0. The molecule has 0 radical (unpaired) electrons. The van der Waals surface area contributed by atoms with E-state index in [0.717, 1.165) is 0 Å². The molecule has 0 saturated carbocycles. The number of nitrogens with zero attached hydrogens (tertiary/aromatic N) is 1. The summed E-state index contributed by atoms with van der Waals surface area (Å²) in [6, 6.07) is 0.368. The molecular formula is C10H21NO. The van der Waals surface area contributed by atoms with Crippen molar-refractivity contribution in [1.29, 1.82) is 0 Å². The molecule has 1 heterocycles. The molecule has 1 aliphatic heterocycles. The van der Waals surface area contributed by atoms with E-state index in [1.54, 1.807) is 0 Å². The lowest BCUT2D eigenvalue weighted by Gasteiger charge is -2.33. The maximum atomic E-state index is 9.60. The first kappa shape index (κ1) is 10.0. The van der Waals surface area contributed by atoms with Gasteiger partial charge in [0.2, 0.25) is 0 Å². The Morgan fingerprint density at radius 2 is 1.58 bits per heavy atom. The molecule has 2 heteroatoms.